The van der Waals surface area contributed by atoms with Gasteiger partial charge in [0.2, 0.25) is 0 Å². The molecule has 56 heavy (non-hydrogen) atoms. The van der Waals surface area contributed by atoms with Crippen molar-refractivity contribution in [2.24, 2.45) is 5.92 Å². The molecule has 2 aliphatic heterocycles. The number of aliphatic hydroxyl groups is 2. The molecule has 2 aliphatic rings. The van der Waals surface area contributed by atoms with E-state index in [4.69, 9.17) is 21.1 Å². The molecule has 1 aromatic heterocycles. The molecule has 6 atom stereocenters. The lowest BCUT2D eigenvalue weighted by Crippen LogP contribution is -2.51. The third kappa shape index (κ3) is 7.27. The number of fused-ring (bicyclic) bond motifs is 2. The van der Waals surface area contributed by atoms with Crippen molar-refractivity contribution in [3.05, 3.63) is 131 Å². The van der Waals surface area contributed by atoms with E-state index in [1.54, 1.807) is 34.9 Å². The Bertz CT molecular complexity index is 2180. The lowest BCUT2D eigenvalue weighted by Gasteiger charge is -2.37. The molecule has 3 heterocycles. The normalized spacial score (nSPS) is 21.6. The number of carbonyl (C=O) groups is 2. The molecule has 292 valence electrons. The molecule has 2 amide bonds. The summed E-state index contributed by atoms with van der Waals surface area (Å²) in [5.41, 5.74) is 3.27. The highest BCUT2D eigenvalue weighted by atomic mass is 35.5. The van der Waals surface area contributed by atoms with Crippen molar-refractivity contribution in [2.45, 2.75) is 75.7 Å². The maximum Gasteiger partial charge on any atom is 0.264 e. The van der Waals surface area contributed by atoms with Gasteiger partial charge in [0.1, 0.15) is 11.9 Å². The van der Waals surface area contributed by atoms with Crippen molar-refractivity contribution < 1.29 is 29.3 Å². The van der Waals surface area contributed by atoms with Crippen LogP contribution in [0.25, 0.3) is 0 Å². The molecule has 1 spiro atoms. The Morgan fingerprint density at radius 2 is 1.77 bits per heavy atom. The van der Waals surface area contributed by atoms with Crippen molar-refractivity contribution >= 4 is 48.1 Å². The smallest absolute Gasteiger partial charge is 0.264 e. The zero-order valence-corrected chi connectivity index (χ0v) is 34.0. The van der Waals surface area contributed by atoms with Crippen LogP contribution in [0.1, 0.15) is 48.6 Å². The number of halogens is 1. The minimum Gasteiger partial charge on any atom is -0.497 e. The Labute approximate surface area is 333 Å². The lowest BCUT2D eigenvalue weighted by molar-refractivity contribution is -0.146. The average molecular weight is 794 g/mol. The molecule has 4 aromatic carbocycles. The summed E-state index contributed by atoms with van der Waals surface area (Å²) in [6.07, 6.45) is 1.00. The molecule has 0 saturated carbocycles. The summed E-state index contributed by atoms with van der Waals surface area (Å²) in [7, 11) is -0.747. The summed E-state index contributed by atoms with van der Waals surface area (Å²) < 4.78 is 14.6. The number of rotatable bonds is 13. The van der Waals surface area contributed by atoms with Gasteiger partial charge in [0.25, 0.3) is 11.8 Å². The predicted molar refractivity (Wildman–Crippen MR) is 219 cm³/mol. The minimum atomic E-state index is -2.41. The fourth-order valence-corrected chi connectivity index (χ4v) is 13.0. The number of nitrogens with one attached hydrogen (secondary N) is 1. The molecule has 0 radical (unpaired) electrons. The minimum absolute atomic E-state index is 0.000869. The number of amides is 2. The Hall–Kier alpha value is -4.85. The number of methoxy groups -OCH3 is 1. The first-order valence-electron chi connectivity index (χ1n) is 19.0. The average Bonchev–Trinajstić information content (AvgIpc) is 3.85. The van der Waals surface area contributed by atoms with Gasteiger partial charge in [-0.1, -0.05) is 96.6 Å². The number of hydrogen-bond donors (Lipinski definition) is 3. The lowest BCUT2D eigenvalue weighted by atomic mass is 9.82. The molecule has 1 unspecified atom stereocenters. The van der Waals surface area contributed by atoms with Crippen molar-refractivity contribution in [1.29, 1.82) is 0 Å². The predicted octanol–water partition coefficient (Wildman–Crippen LogP) is 6.24. The fourth-order valence-electron chi connectivity index (χ4n) is 8.73. The van der Waals surface area contributed by atoms with Gasteiger partial charge in [-0.25, -0.2) is 0 Å². The standard InChI is InChI=1S/C43H48ClN5O6Si/c1-27-40(56(4,5)34-18-16-33(54-3)17-19-34)39(21-22-48-25-37(46-47-48)35(26-50)30-9-7-6-8-10-30)55-43(27)36-23-31(44)13-20-38(36)49(42(43)53)24-29-11-14-32(15-12-29)45-41(52)28(2)51/h6-20,23,25,27-28,35,39-40,50-51H,21-22,24,26H2,1-5H3,(H,45,52)/t27-,28+,35?,39+,40-,43+/m1/s1. The quantitative estimate of drug-likeness (QED) is 0.119. The van der Waals surface area contributed by atoms with Crippen LogP contribution in [0.4, 0.5) is 11.4 Å². The van der Waals surface area contributed by atoms with Crippen LogP contribution in [0.2, 0.25) is 23.7 Å². The second kappa shape index (κ2) is 15.9. The molecule has 5 aromatic rings. The van der Waals surface area contributed by atoms with Gasteiger partial charge in [0, 0.05) is 34.9 Å². The van der Waals surface area contributed by atoms with Gasteiger partial charge < -0.3 is 29.9 Å². The summed E-state index contributed by atoms with van der Waals surface area (Å²) in [6.45, 7) is 8.93. The zero-order chi connectivity index (χ0) is 39.8. The number of anilines is 2. The third-order valence-corrected chi connectivity index (χ3v) is 16.3. The van der Waals surface area contributed by atoms with Gasteiger partial charge in [-0.2, -0.15) is 0 Å². The van der Waals surface area contributed by atoms with E-state index in [0.29, 0.717) is 29.4 Å². The van der Waals surface area contributed by atoms with Crippen molar-refractivity contribution in [1.82, 2.24) is 15.0 Å². The molecule has 11 nitrogen and oxygen atoms in total. The van der Waals surface area contributed by atoms with Gasteiger partial charge in [0.15, 0.2) is 5.60 Å². The summed E-state index contributed by atoms with van der Waals surface area (Å²) in [5, 5.41) is 33.3. The van der Waals surface area contributed by atoms with E-state index in [1.807, 2.05) is 72.9 Å². The molecule has 3 N–H and O–H groups in total. The first-order chi connectivity index (χ1) is 26.9. The highest BCUT2D eigenvalue weighted by Crippen LogP contribution is 2.60. The molecule has 13 heteroatoms. The number of aryl methyl sites for hydroxylation is 1. The zero-order valence-electron chi connectivity index (χ0n) is 32.2. The Balaban J connectivity index is 1.22. The van der Waals surface area contributed by atoms with E-state index in [0.717, 1.165) is 28.1 Å². The summed E-state index contributed by atoms with van der Waals surface area (Å²) >= 11 is 6.70. The van der Waals surface area contributed by atoms with E-state index in [9.17, 15) is 15.0 Å². The van der Waals surface area contributed by atoms with Crippen molar-refractivity contribution in [3.8, 4) is 5.75 Å². The molecule has 7 rings (SSSR count). The first kappa shape index (κ1) is 39.4. The van der Waals surface area contributed by atoms with Crippen LogP contribution in [0.15, 0.2) is 103 Å². The van der Waals surface area contributed by atoms with E-state index in [1.165, 1.54) is 12.1 Å². The van der Waals surface area contributed by atoms with Gasteiger partial charge in [-0.05, 0) is 72.5 Å². The number of aliphatic hydroxyl groups excluding tert-OH is 2. The fraction of sp³-hybridized carbons (Fsp3) is 0.349. The van der Waals surface area contributed by atoms with Crippen LogP contribution in [-0.4, -0.2) is 71.0 Å². The van der Waals surface area contributed by atoms with Crippen LogP contribution in [0.5, 0.6) is 5.75 Å². The SMILES string of the molecule is COc1ccc([Si](C)(C)[C@H]2[C@H](CCn3cc(C(CO)c4ccccc4)nn3)O[C@@]3(C(=O)N(Cc4ccc(NC(=O)[C@H](C)O)cc4)c4ccc(Cl)cc43)[C@@H]2C)cc1. The highest BCUT2D eigenvalue weighted by molar-refractivity contribution is 6.91. The summed E-state index contributed by atoms with van der Waals surface area (Å²) in [4.78, 5) is 29.0. The Morgan fingerprint density at radius 3 is 2.43 bits per heavy atom. The van der Waals surface area contributed by atoms with Crippen molar-refractivity contribution in [2.75, 3.05) is 23.9 Å². The van der Waals surface area contributed by atoms with Gasteiger partial charge >= 0.3 is 0 Å². The number of benzene rings is 4. The van der Waals surface area contributed by atoms with E-state index in [2.05, 4.69) is 47.8 Å². The van der Waals surface area contributed by atoms with Crippen LogP contribution < -0.4 is 20.1 Å². The Kier molecular flexibility index (Phi) is 11.2. The molecule has 0 aliphatic carbocycles. The highest BCUT2D eigenvalue weighted by Gasteiger charge is 2.66. The number of aromatic nitrogens is 3. The summed E-state index contributed by atoms with van der Waals surface area (Å²) in [5.74, 6) is -0.384. The monoisotopic (exact) mass is 793 g/mol. The number of ether oxygens (including phenoxy) is 2. The second-order valence-corrected chi connectivity index (χ2v) is 20.5. The van der Waals surface area contributed by atoms with E-state index >= 15 is 4.79 Å². The molecule has 0 bridgehead atoms. The maximum absolute atomic E-state index is 15.2. The van der Waals surface area contributed by atoms with E-state index in [-0.39, 0.29) is 42.5 Å². The number of hydrogen-bond acceptors (Lipinski definition) is 8. The maximum atomic E-state index is 15.2. The van der Waals surface area contributed by atoms with Gasteiger partial charge in [0.05, 0.1) is 51.7 Å². The third-order valence-electron chi connectivity index (χ3n) is 11.7. The molecular weight excluding hydrogens is 746 g/mol. The van der Waals surface area contributed by atoms with Crippen LogP contribution >= 0.6 is 11.6 Å². The first-order valence-corrected chi connectivity index (χ1v) is 22.4. The number of carbonyl (C=O) groups excluding carboxylic acids is 2. The van der Waals surface area contributed by atoms with Gasteiger partial charge in [-0.3, -0.25) is 14.3 Å². The van der Waals surface area contributed by atoms with Crippen LogP contribution in [-0.2, 0) is 33.0 Å². The van der Waals surface area contributed by atoms with Crippen LogP contribution in [0, 0.1) is 5.92 Å². The largest absolute Gasteiger partial charge is 0.497 e. The molecule has 1 fully saturated rings. The molecule has 1 saturated heterocycles. The Morgan fingerprint density at radius 1 is 1.05 bits per heavy atom. The topological polar surface area (TPSA) is 139 Å². The van der Waals surface area contributed by atoms with Crippen molar-refractivity contribution in [3.63, 3.8) is 0 Å². The molecular formula is C43H48ClN5O6Si. The van der Waals surface area contributed by atoms with Crippen LogP contribution in [0.3, 0.4) is 0 Å². The van der Waals surface area contributed by atoms with Gasteiger partial charge in [-0.15, -0.1) is 5.10 Å². The van der Waals surface area contributed by atoms with E-state index < -0.39 is 25.7 Å². The second-order valence-electron chi connectivity index (χ2n) is 15.4. The summed E-state index contributed by atoms with van der Waals surface area (Å²) in [6, 6.07) is 30.9. The number of nitrogens with zero attached hydrogens (tertiary/aromatic N) is 4.